The van der Waals surface area contributed by atoms with Crippen LogP contribution in [-0.4, -0.2) is 46.7 Å². The first-order valence-corrected chi connectivity index (χ1v) is 9.10. The molecule has 0 fully saturated rings. The molecule has 0 aliphatic heterocycles. The molecular formula is C21H24N4O2. The largest absolute Gasteiger partial charge is 0.340 e. The van der Waals surface area contributed by atoms with E-state index >= 15 is 0 Å². The van der Waals surface area contributed by atoms with Crippen LogP contribution in [0.4, 0.5) is 5.69 Å². The number of imidazole rings is 1. The number of unbranched alkanes of at least 4 members (excludes halogenated alkanes) is 1. The third-order valence-corrected chi connectivity index (χ3v) is 4.58. The Bertz CT molecular complexity index is 949. The number of nitrogens with zero attached hydrogens (tertiary/aromatic N) is 4. The molecule has 2 heterocycles. The predicted octanol–water partition coefficient (Wildman–Crippen LogP) is 3.48. The second-order valence-corrected chi connectivity index (χ2v) is 6.52. The van der Waals surface area contributed by atoms with Crippen LogP contribution in [-0.2, 0) is 0 Å². The zero-order valence-corrected chi connectivity index (χ0v) is 15.9. The first kappa shape index (κ1) is 18.6. The van der Waals surface area contributed by atoms with Crippen LogP contribution >= 0.6 is 0 Å². The van der Waals surface area contributed by atoms with E-state index in [0.717, 1.165) is 18.5 Å². The summed E-state index contributed by atoms with van der Waals surface area (Å²) in [7, 11) is 3.47. The van der Waals surface area contributed by atoms with Crippen LogP contribution in [0.1, 0.15) is 40.9 Å². The van der Waals surface area contributed by atoms with Crippen LogP contribution in [0, 0.1) is 0 Å². The number of carbonyl (C=O) groups is 2. The Morgan fingerprint density at radius 2 is 1.70 bits per heavy atom. The molecule has 6 heteroatoms. The number of hydrogen-bond acceptors (Lipinski definition) is 3. The minimum atomic E-state index is -0.266. The van der Waals surface area contributed by atoms with Gasteiger partial charge in [-0.2, -0.15) is 0 Å². The van der Waals surface area contributed by atoms with Crippen molar-refractivity contribution in [2.45, 2.75) is 19.8 Å². The lowest BCUT2D eigenvalue weighted by molar-refractivity contribution is 0.0790. The molecule has 0 spiro atoms. The number of anilines is 1. The van der Waals surface area contributed by atoms with Crippen LogP contribution < -0.4 is 4.90 Å². The summed E-state index contributed by atoms with van der Waals surface area (Å²) in [6, 6.07) is 14.8. The molecule has 140 valence electrons. The third kappa shape index (κ3) is 3.69. The molecular weight excluding hydrogens is 340 g/mol. The molecule has 0 N–H and O–H groups in total. The number of rotatable bonds is 6. The van der Waals surface area contributed by atoms with E-state index < -0.39 is 0 Å². The summed E-state index contributed by atoms with van der Waals surface area (Å²) >= 11 is 0. The van der Waals surface area contributed by atoms with Gasteiger partial charge in [-0.1, -0.05) is 37.6 Å². The maximum absolute atomic E-state index is 13.1. The standard InChI is InChI=1S/C21H24N4O2/c1-4-5-14-23(2)20(26)18-17-13-9-10-15-25(17)19(22-18)21(27)24(3)16-11-7-6-8-12-16/h6-13,15H,4-5,14H2,1-3H3. The number of para-hydroxylation sites is 1. The Morgan fingerprint density at radius 3 is 2.41 bits per heavy atom. The average Bonchev–Trinajstić information content (AvgIpc) is 3.10. The first-order chi connectivity index (χ1) is 13.0. The van der Waals surface area contributed by atoms with E-state index in [1.165, 1.54) is 4.90 Å². The van der Waals surface area contributed by atoms with Gasteiger partial charge >= 0.3 is 0 Å². The second kappa shape index (κ2) is 8.03. The van der Waals surface area contributed by atoms with Crippen molar-refractivity contribution in [3.8, 4) is 0 Å². The van der Waals surface area contributed by atoms with Crippen LogP contribution in [0.5, 0.6) is 0 Å². The maximum atomic E-state index is 13.1. The number of fused-ring (bicyclic) bond motifs is 1. The zero-order chi connectivity index (χ0) is 19.4. The van der Waals surface area contributed by atoms with Crippen molar-refractivity contribution in [3.05, 3.63) is 66.2 Å². The minimum absolute atomic E-state index is 0.173. The van der Waals surface area contributed by atoms with Gasteiger partial charge in [0, 0.05) is 32.5 Å². The molecule has 0 saturated heterocycles. The molecule has 2 aromatic heterocycles. The van der Waals surface area contributed by atoms with Crippen LogP contribution in [0.15, 0.2) is 54.7 Å². The van der Waals surface area contributed by atoms with E-state index in [-0.39, 0.29) is 17.6 Å². The highest BCUT2D eigenvalue weighted by molar-refractivity contribution is 6.07. The lowest BCUT2D eigenvalue weighted by Gasteiger charge is -2.16. The molecule has 0 atom stereocenters. The maximum Gasteiger partial charge on any atom is 0.294 e. The van der Waals surface area contributed by atoms with Crippen LogP contribution in [0.25, 0.3) is 5.52 Å². The average molecular weight is 364 g/mol. The van der Waals surface area contributed by atoms with E-state index in [1.807, 2.05) is 48.5 Å². The van der Waals surface area contributed by atoms with E-state index in [9.17, 15) is 9.59 Å². The van der Waals surface area contributed by atoms with E-state index in [2.05, 4.69) is 11.9 Å². The monoisotopic (exact) mass is 364 g/mol. The number of benzene rings is 1. The SMILES string of the molecule is CCCCN(C)C(=O)c1nc(C(=O)N(C)c2ccccc2)n2ccccc12. The highest BCUT2D eigenvalue weighted by Gasteiger charge is 2.25. The summed E-state index contributed by atoms with van der Waals surface area (Å²) in [6.45, 7) is 2.74. The lowest BCUT2D eigenvalue weighted by Crippen LogP contribution is -2.29. The molecule has 3 aromatic rings. The Hall–Kier alpha value is -3.15. The van der Waals surface area contributed by atoms with Crippen molar-refractivity contribution in [1.29, 1.82) is 0 Å². The van der Waals surface area contributed by atoms with Gasteiger partial charge in [-0.15, -0.1) is 0 Å². The van der Waals surface area contributed by atoms with Crippen molar-refractivity contribution >= 4 is 23.0 Å². The zero-order valence-electron chi connectivity index (χ0n) is 15.9. The van der Waals surface area contributed by atoms with Gasteiger partial charge in [0.1, 0.15) is 0 Å². The third-order valence-electron chi connectivity index (χ3n) is 4.58. The lowest BCUT2D eigenvalue weighted by atomic mass is 10.2. The normalized spacial score (nSPS) is 10.8. The number of pyridine rings is 1. The molecule has 27 heavy (non-hydrogen) atoms. The summed E-state index contributed by atoms with van der Waals surface area (Å²) < 4.78 is 1.68. The van der Waals surface area contributed by atoms with Gasteiger partial charge in [0.2, 0.25) is 5.82 Å². The summed E-state index contributed by atoms with van der Waals surface area (Å²) in [4.78, 5) is 33.6. The molecule has 0 unspecified atom stereocenters. The molecule has 2 amide bonds. The van der Waals surface area contributed by atoms with Crippen molar-refractivity contribution < 1.29 is 9.59 Å². The second-order valence-electron chi connectivity index (χ2n) is 6.52. The van der Waals surface area contributed by atoms with Crippen molar-refractivity contribution in [3.63, 3.8) is 0 Å². The highest BCUT2D eigenvalue weighted by Crippen LogP contribution is 2.19. The van der Waals surface area contributed by atoms with Crippen molar-refractivity contribution in [2.24, 2.45) is 0 Å². The molecule has 0 radical (unpaired) electrons. The smallest absolute Gasteiger partial charge is 0.294 e. The summed E-state index contributed by atoms with van der Waals surface area (Å²) in [6.07, 6.45) is 3.70. The molecule has 6 nitrogen and oxygen atoms in total. The molecule has 0 aliphatic carbocycles. The topological polar surface area (TPSA) is 57.9 Å². The molecule has 0 saturated carbocycles. The van der Waals surface area contributed by atoms with Crippen LogP contribution in [0.2, 0.25) is 0 Å². The van der Waals surface area contributed by atoms with Gasteiger partial charge in [0.15, 0.2) is 5.69 Å². The van der Waals surface area contributed by atoms with Gasteiger partial charge in [-0.3, -0.25) is 14.0 Å². The molecule has 0 bridgehead atoms. The van der Waals surface area contributed by atoms with Gasteiger partial charge in [0.25, 0.3) is 11.8 Å². The van der Waals surface area contributed by atoms with Crippen LogP contribution in [0.3, 0.4) is 0 Å². The van der Waals surface area contributed by atoms with E-state index in [4.69, 9.17) is 0 Å². The summed E-state index contributed by atoms with van der Waals surface area (Å²) in [5, 5.41) is 0. The van der Waals surface area contributed by atoms with E-state index in [1.54, 1.807) is 29.6 Å². The number of carbonyl (C=O) groups excluding carboxylic acids is 2. The first-order valence-electron chi connectivity index (χ1n) is 9.10. The predicted molar refractivity (Wildman–Crippen MR) is 106 cm³/mol. The Balaban J connectivity index is 2.00. The number of aromatic nitrogens is 2. The van der Waals surface area contributed by atoms with Gasteiger partial charge in [-0.05, 0) is 30.7 Å². The van der Waals surface area contributed by atoms with Crippen molar-refractivity contribution in [1.82, 2.24) is 14.3 Å². The Morgan fingerprint density at radius 1 is 1.00 bits per heavy atom. The summed E-state index contributed by atoms with van der Waals surface area (Å²) in [5.74, 6) is -0.213. The van der Waals surface area contributed by atoms with Gasteiger partial charge in [0.05, 0.1) is 5.52 Å². The van der Waals surface area contributed by atoms with Crippen molar-refractivity contribution in [2.75, 3.05) is 25.5 Å². The fraction of sp³-hybridized carbons (Fsp3) is 0.286. The minimum Gasteiger partial charge on any atom is -0.340 e. The van der Waals surface area contributed by atoms with E-state index in [0.29, 0.717) is 17.8 Å². The fourth-order valence-electron chi connectivity index (χ4n) is 2.94. The molecule has 1 aromatic carbocycles. The molecule has 0 aliphatic rings. The summed E-state index contributed by atoms with van der Waals surface area (Å²) in [5.41, 5.74) is 1.71. The number of hydrogen-bond donors (Lipinski definition) is 0. The van der Waals surface area contributed by atoms with Gasteiger partial charge < -0.3 is 9.80 Å². The Kier molecular flexibility index (Phi) is 5.54. The van der Waals surface area contributed by atoms with Gasteiger partial charge in [-0.25, -0.2) is 4.98 Å². The number of amides is 2. The molecule has 3 rings (SSSR count). The Labute approximate surface area is 159 Å². The quantitative estimate of drug-likeness (QED) is 0.673. The fourth-order valence-corrected chi connectivity index (χ4v) is 2.94. The highest BCUT2D eigenvalue weighted by atomic mass is 16.2.